The zero-order valence-corrected chi connectivity index (χ0v) is 10.6. The van der Waals surface area contributed by atoms with Crippen LogP contribution in [0.25, 0.3) is 0 Å². The van der Waals surface area contributed by atoms with Crippen LogP contribution < -0.4 is 11.1 Å². The third-order valence-electron chi connectivity index (χ3n) is 3.40. The molecule has 0 saturated heterocycles. The number of hydrogen-bond donors (Lipinski definition) is 3. The standard InChI is InChI=1S/C13H17N3O3/c14-13(4-1-5-13)6-11(17)16-8-9-2-3-10(12(18)19)15-7-9/h2-3,7H,1,4-6,8,14H2,(H,16,17)(H,18,19). The Morgan fingerprint density at radius 2 is 2.16 bits per heavy atom. The molecule has 2 rings (SSSR count). The number of rotatable bonds is 5. The molecule has 1 aromatic rings. The van der Waals surface area contributed by atoms with Gasteiger partial charge in [-0.1, -0.05) is 6.07 Å². The molecule has 1 aromatic heterocycles. The minimum absolute atomic E-state index is 0.00884. The van der Waals surface area contributed by atoms with Crippen molar-refractivity contribution in [3.63, 3.8) is 0 Å². The van der Waals surface area contributed by atoms with E-state index in [1.165, 1.54) is 12.3 Å². The summed E-state index contributed by atoms with van der Waals surface area (Å²) in [6, 6.07) is 3.05. The summed E-state index contributed by atoms with van der Waals surface area (Å²) < 4.78 is 0. The molecule has 1 amide bonds. The first-order chi connectivity index (χ1) is 8.98. The van der Waals surface area contributed by atoms with Gasteiger partial charge >= 0.3 is 5.97 Å². The number of carboxylic acids is 1. The number of nitrogens with two attached hydrogens (primary N) is 1. The van der Waals surface area contributed by atoms with Crippen LogP contribution in [0.15, 0.2) is 18.3 Å². The molecule has 19 heavy (non-hydrogen) atoms. The Morgan fingerprint density at radius 3 is 2.63 bits per heavy atom. The van der Waals surface area contributed by atoms with Crippen LogP contribution in [-0.4, -0.2) is 27.5 Å². The number of carbonyl (C=O) groups excluding carboxylic acids is 1. The van der Waals surface area contributed by atoms with E-state index in [2.05, 4.69) is 10.3 Å². The zero-order valence-electron chi connectivity index (χ0n) is 10.6. The van der Waals surface area contributed by atoms with Crippen molar-refractivity contribution in [1.82, 2.24) is 10.3 Å². The zero-order chi connectivity index (χ0) is 13.9. The number of carboxylic acid groups (broad SMARTS) is 1. The average molecular weight is 263 g/mol. The number of pyridine rings is 1. The van der Waals surface area contributed by atoms with Gasteiger partial charge in [0.05, 0.1) is 0 Å². The monoisotopic (exact) mass is 263 g/mol. The molecule has 0 aromatic carbocycles. The van der Waals surface area contributed by atoms with Crippen LogP contribution in [0.4, 0.5) is 0 Å². The van der Waals surface area contributed by atoms with Crippen molar-refractivity contribution in [2.75, 3.05) is 0 Å². The minimum atomic E-state index is -1.06. The molecule has 0 aliphatic heterocycles. The quantitative estimate of drug-likeness (QED) is 0.724. The van der Waals surface area contributed by atoms with E-state index in [9.17, 15) is 9.59 Å². The Bertz CT molecular complexity index is 480. The van der Waals surface area contributed by atoms with E-state index in [1.54, 1.807) is 6.07 Å². The first kappa shape index (κ1) is 13.5. The molecule has 0 unspecified atom stereocenters. The lowest BCUT2D eigenvalue weighted by Crippen LogP contribution is -2.49. The molecule has 0 bridgehead atoms. The number of aromatic nitrogens is 1. The highest BCUT2D eigenvalue weighted by atomic mass is 16.4. The summed E-state index contributed by atoms with van der Waals surface area (Å²) in [5, 5.41) is 11.5. The van der Waals surface area contributed by atoms with Crippen molar-refractivity contribution in [3.8, 4) is 0 Å². The van der Waals surface area contributed by atoms with E-state index < -0.39 is 5.97 Å². The maximum atomic E-state index is 11.7. The van der Waals surface area contributed by atoms with Gasteiger partial charge in [0.25, 0.3) is 0 Å². The fraction of sp³-hybridized carbons (Fsp3) is 0.462. The molecule has 0 radical (unpaired) electrons. The number of nitrogens with zero attached hydrogens (tertiary/aromatic N) is 1. The molecular weight excluding hydrogens is 246 g/mol. The second kappa shape index (κ2) is 5.36. The van der Waals surface area contributed by atoms with Gasteiger partial charge in [-0.2, -0.15) is 0 Å². The second-order valence-corrected chi connectivity index (χ2v) is 5.03. The van der Waals surface area contributed by atoms with Crippen LogP contribution in [0.1, 0.15) is 41.7 Å². The van der Waals surface area contributed by atoms with Crippen LogP contribution in [-0.2, 0) is 11.3 Å². The van der Waals surface area contributed by atoms with Crippen molar-refractivity contribution in [2.24, 2.45) is 5.73 Å². The van der Waals surface area contributed by atoms with E-state index in [1.807, 2.05) is 0 Å². The third kappa shape index (κ3) is 3.51. The number of nitrogens with one attached hydrogen (secondary N) is 1. The van der Waals surface area contributed by atoms with Crippen LogP contribution >= 0.6 is 0 Å². The van der Waals surface area contributed by atoms with Crippen LogP contribution in [0.2, 0.25) is 0 Å². The molecule has 6 nitrogen and oxygen atoms in total. The topological polar surface area (TPSA) is 105 Å². The third-order valence-corrected chi connectivity index (χ3v) is 3.40. The molecule has 1 fully saturated rings. The van der Waals surface area contributed by atoms with E-state index in [0.29, 0.717) is 13.0 Å². The predicted octanol–water partition coefficient (Wildman–Crippen LogP) is 0.667. The van der Waals surface area contributed by atoms with Gasteiger partial charge in [-0.25, -0.2) is 9.78 Å². The molecule has 4 N–H and O–H groups in total. The van der Waals surface area contributed by atoms with Crippen molar-refractivity contribution in [3.05, 3.63) is 29.6 Å². The van der Waals surface area contributed by atoms with E-state index in [4.69, 9.17) is 10.8 Å². The normalized spacial score (nSPS) is 16.5. The summed E-state index contributed by atoms with van der Waals surface area (Å²) in [5.41, 5.74) is 6.42. The number of amides is 1. The summed E-state index contributed by atoms with van der Waals surface area (Å²) in [4.78, 5) is 26.1. The molecule has 1 aliphatic rings. The lowest BCUT2D eigenvalue weighted by Gasteiger charge is -2.37. The predicted molar refractivity (Wildman–Crippen MR) is 68.4 cm³/mol. The van der Waals surface area contributed by atoms with E-state index >= 15 is 0 Å². The van der Waals surface area contributed by atoms with Crippen molar-refractivity contribution in [1.29, 1.82) is 0 Å². The number of carbonyl (C=O) groups is 2. The van der Waals surface area contributed by atoms with Gasteiger partial charge < -0.3 is 16.2 Å². The lowest BCUT2D eigenvalue weighted by molar-refractivity contribution is -0.123. The molecule has 1 heterocycles. The summed E-state index contributed by atoms with van der Waals surface area (Å²) in [5.74, 6) is -1.14. The smallest absolute Gasteiger partial charge is 0.354 e. The van der Waals surface area contributed by atoms with Gasteiger partial charge in [0.2, 0.25) is 5.91 Å². The summed E-state index contributed by atoms with van der Waals surface area (Å²) in [7, 11) is 0. The molecule has 1 saturated carbocycles. The van der Waals surface area contributed by atoms with E-state index in [0.717, 1.165) is 24.8 Å². The number of hydrogen-bond acceptors (Lipinski definition) is 4. The van der Waals surface area contributed by atoms with Crippen molar-refractivity contribution < 1.29 is 14.7 Å². The number of aromatic carboxylic acids is 1. The molecular formula is C13H17N3O3. The Balaban J connectivity index is 1.81. The first-order valence-corrected chi connectivity index (χ1v) is 6.22. The molecule has 6 heteroatoms. The van der Waals surface area contributed by atoms with E-state index in [-0.39, 0.29) is 17.1 Å². The molecule has 102 valence electrons. The molecule has 0 spiro atoms. The van der Waals surface area contributed by atoms with Crippen LogP contribution in [0.5, 0.6) is 0 Å². The van der Waals surface area contributed by atoms with Crippen molar-refractivity contribution >= 4 is 11.9 Å². The van der Waals surface area contributed by atoms with Gasteiger partial charge in [0.1, 0.15) is 5.69 Å². The largest absolute Gasteiger partial charge is 0.477 e. The van der Waals surface area contributed by atoms with Crippen molar-refractivity contribution in [2.45, 2.75) is 37.8 Å². The molecule has 0 atom stereocenters. The average Bonchev–Trinajstić information content (AvgIpc) is 2.35. The first-order valence-electron chi connectivity index (χ1n) is 6.22. The highest BCUT2D eigenvalue weighted by Crippen LogP contribution is 2.31. The fourth-order valence-electron chi connectivity index (χ4n) is 2.05. The van der Waals surface area contributed by atoms with Crippen LogP contribution in [0.3, 0.4) is 0 Å². The van der Waals surface area contributed by atoms with Gasteiger partial charge in [-0.3, -0.25) is 4.79 Å². The maximum absolute atomic E-state index is 11.7. The minimum Gasteiger partial charge on any atom is -0.477 e. The fourth-order valence-corrected chi connectivity index (χ4v) is 2.05. The maximum Gasteiger partial charge on any atom is 0.354 e. The Kier molecular flexibility index (Phi) is 3.80. The summed E-state index contributed by atoms with van der Waals surface area (Å²) in [6.45, 7) is 0.335. The highest BCUT2D eigenvalue weighted by molar-refractivity contribution is 5.85. The van der Waals surface area contributed by atoms with Gasteiger partial charge in [-0.05, 0) is 30.9 Å². The lowest BCUT2D eigenvalue weighted by atomic mass is 9.75. The Morgan fingerprint density at radius 1 is 1.42 bits per heavy atom. The van der Waals surface area contributed by atoms with Crippen LogP contribution in [0, 0.1) is 0 Å². The Labute approximate surface area is 111 Å². The highest BCUT2D eigenvalue weighted by Gasteiger charge is 2.34. The summed E-state index contributed by atoms with van der Waals surface area (Å²) in [6.07, 6.45) is 4.67. The van der Waals surface area contributed by atoms with Gasteiger partial charge in [0.15, 0.2) is 0 Å². The second-order valence-electron chi connectivity index (χ2n) is 5.03. The summed E-state index contributed by atoms with van der Waals surface area (Å²) >= 11 is 0. The molecule has 1 aliphatic carbocycles. The SMILES string of the molecule is NC1(CC(=O)NCc2ccc(C(=O)O)nc2)CCC1. The van der Waals surface area contributed by atoms with Gasteiger partial charge in [0, 0.05) is 24.7 Å². The Hall–Kier alpha value is -1.95. The van der Waals surface area contributed by atoms with Gasteiger partial charge in [-0.15, -0.1) is 0 Å².